The molecule has 2 aromatic rings. The highest BCUT2D eigenvalue weighted by Gasteiger charge is 2.31. The molecule has 0 saturated carbocycles. The largest absolute Gasteiger partial charge is 0.124 e. The van der Waals surface area contributed by atoms with E-state index in [1.165, 1.54) is 765 Å². The van der Waals surface area contributed by atoms with Crippen LogP contribution in [0.15, 0.2) is 39.2 Å². The van der Waals surface area contributed by atoms with Crippen LogP contribution >= 0.6 is 94.1 Å². The Balaban J connectivity index is 3.23. The van der Waals surface area contributed by atoms with Crippen molar-refractivity contribution < 1.29 is 0 Å². The van der Waals surface area contributed by atoms with Gasteiger partial charge in [0.15, 0.2) is 0 Å². The molecule has 0 unspecified atom stereocenters. The maximum absolute atomic E-state index is 2.44. The van der Waals surface area contributed by atoms with Crippen LogP contribution in [0.5, 0.6) is 0 Å². The topological polar surface area (TPSA) is 0 Å². The van der Waals surface area contributed by atoms with E-state index < -0.39 is 0 Å². The Morgan fingerprint density at radius 1 is 0.0753 bits per heavy atom. The number of unbranched alkanes of at least 4 members (excludes halogenated alkanes) is 104. The summed E-state index contributed by atoms with van der Waals surface area (Å²) >= 11 is 19.5. The Labute approximate surface area is 956 Å². The van der Waals surface area contributed by atoms with Gasteiger partial charge in [-0.25, -0.2) is 0 Å². The van der Waals surface area contributed by atoms with Crippen LogP contribution in [-0.2, 0) is 0 Å². The third-order valence-electron chi connectivity index (χ3n) is 32.3. The second-order valence-electron chi connectivity index (χ2n) is 46.9. The van der Waals surface area contributed by atoms with E-state index in [1.807, 2.05) is 0 Å². The minimum atomic E-state index is 1.27. The molecule has 0 nitrogen and oxygen atoms in total. The molecular formula is C138H264S8. The average molecular weight is 2180 g/mol. The standard InChI is InChI=1S/C138H264S8/c1-9-17-25-33-41-49-57-65-73-81-89-97-105-113-121-139-131-129-130(133(141-123-115-107-99-91-83-75-67-59-51-43-35-27-19-11-3)136(144-126-118-110-102-94-86-78-70-62-54-46-38-30-22-14-6)135(131)143-125-117-109-101-93-85-77-69-61-53-45-37-29-21-13-5)134(142-124-116-108-100-92-84-76-68-60-52-44-36-28-20-12-4)138(146-128-120-112-104-96-88-80-72-64-56-48-40-32-24-16-8)137(145-127-119-111-103-95-87-79-71-63-55-47-39-31-23-15-7)132(129)140-122-114-106-98-90-82-74-66-58-50-42-34-26-18-10-2/h9-128H2,1-8H3. The third-order valence-corrected chi connectivity index (χ3v) is 42.6. The number of fused-ring (bicyclic) bond motifs is 1. The molecule has 8 heteroatoms. The predicted molar refractivity (Wildman–Crippen MR) is 692 cm³/mol. The van der Waals surface area contributed by atoms with E-state index in [1.54, 1.807) is 49.9 Å². The van der Waals surface area contributed by atoms with E-state index in [2.05, 4.69) is 149 Å². The zero-order valence-electron chi connectivity index (χ0n) is 101. The summed E-state index contributed by atoms with van der Waals surface area (Å²) in [6.45, 7) is 18.9. The van der Waals surface area contributed by atoms with Gasteiger partial charge in [-0.3, -0.25) is 0 Å². The maximum Gasteiger partial charge on any atom is 0.0362 e. The molecule has 0 heterocycles. The fourth-order valence-electron chi connectivity index (χ4n) is 22.4. The van der Waals surface area contributed by atoms with E-state index in [-0.39, 0.29) is 0 Å². The average Bonchev–Trinajstić information content (AvgIpc) is 0.719. The molecular weight excluding hydrogens is 1910 g/mol. The summed E-state index contributed by atoms with van der Waals surface area (Å²) in [7, 11) is 0. The fourth-order valence-corrected chi connectivity index (χ4v) is 33.5. The van der Waals surface area contributed by atoms with Gasteiger partial charge in [0.1, 0.15) is 0 Å². The maximum atomic E-state index is 2.44. The van der Waals surface area contributed by atoms with Crippen molar-refractivity contribution in [1.82, 2.24) is 0 Å². The second-order valence-corrected chi connectivity index (χ2v) is 55.8. The molecule has 864 valence electrons. The van der Waals surface area contributed by atoms with Crippen molar-refractivity contribution in [3.05, 3.63) is 0 Å². The zero-order valence-corrected chi connectivity index (χ0v) is 108. The van der Waals surface area contributed by atoms with Crippen LogP contribution < -0.4 is 0 Å². The van der Waals surface area contributed by atoms with Crippen LogP contribution in [0.3, 0.4) is 0 Å². The van der Waals surface area contributed by atoms with Gasteiger partial charge in [-0.1, -0.05) is 723 Å². The van der Waals surface area contributed by atoms with Crippen LogP contribution in [0.4, 0.5) is 0 Å². The molecule has 0 spiro atoms. The monoisotopic (exact) mass is 2180 g/mol. The van der Waals surface area contributed by atoms with Crippen LogP contribution in [0.25, 0.3) is 10.8 Å². The Kier molecular flexibility index (Phi) is 120. The predicted octanol–water partition coefficient (Wildman–Crippen LogP) is 55.4. The summed E-state index contributed by atoms with van der Waals surface area (Å²) < 4.78 is 0. The number of thioether (sulfide) groups is 8. The van der Waals surface area contributed by atoms with E-state index in [0.29, 0.717) is 0 Å². The number of hydrogen-bond acceptors (Lipinski definition) is 8. The molecule has 0 saturated heterocycles. The van der Waals surface area contributed by atoms with Gasteiger partial charge >= 0.3 is 0 Å². The van der Waals surface area contributed by atoms with Crippen LogP contribution in [0, 0.1) is 0 Å². The van der Waals surface area contributed by atoms with Gasteiger partial charge < -0.3 is 0 Å². The van der Waals surface area contributed by atoms with Crippen LogP contribution in [0.1, 0.15) is 775 Å². The molecule has 146 heavy (non-hydrogen) atoms. The van der Waals surface area contributed by atoms with E-state index in [4.69, 9.17) is 0 Å². The molecule has 0 aliphatic carbocycles. The van der Waals surface area contributed by atoms with Crippen molar-refractivity contribution in [3.8, 4) is 0 Å². The third kappa shape index (κ3) is 92.2. The van der Waals surface area contributed by atoms with Gasteiger partial charge in [0, 0.05) is 49.9 Å². The molecule has 2 aromatic carbocycles. The van der Waals surface area contributed by atoms with Gasteiger partial charge in [0.2, 0.25) is 0 Å². The first-order valence-corrected chi connectivity index (χ1v) is 76.2. The fraction of sp³-hybridized carbons (Fsp3) is 0.928. The highest BCUT2D eigenvalue weighted by Crippen LogP contribution is 2.59. The Morgan fingerprint density at radius 3 is 0.212 bits per heavy atom. The number of rotatable bonds is 128. The van der Waals surface area contributed by atoms with Gasteiger partial charge in [-0.2, -0.15) is 0 Å². The highest BCUT2D eigenvalue weighted by atomic mass is 32.2. The second kappa shape index (κ2) is 122. The Morgan fingerprint density at radius 2 is 0.137 bits per heavy atom. The first kappa shape index (κ1) is 144. The SMILES string of the molecule is CCCCCCCCCCCCCCCCSc1c(SCCCCCCCCCCCCCCCC)c(SCCCCCCCCCCCCCCCC)c2c(SCCCCCCCCCCCCCCCC)c(SCCCCCCCCCCCCCCCC)c(SCCCCCCCCCCCCCCCC)c(SCCCCCCCCCCCCCCCC)c2c1SCCCCCCCCCCCCCCCC. The van der Waals surface area contributed by atoms with Crippen molar-refractivity contribution in [2.45, 2.75) is 814 Å². The first-order valence-electron chi connectivity index (χ1n) is 68.3. The molecule has 0 fully saturated rings. The molecule has 0 N–H and O–H groups in total. The van der Waals surface area contributed by atoms with Crippen molar-refractivity contribution in [3.63, 3.8) is 0 Å². The molecule has 0 aliphatic heterocycles. The lowest BCUT2D eigenvalue weighted by atomic mass is 10.0. The quantitative estimate of drug-likeness (QED) is 0.0469. The zero-order chi connectivity index (χ0) is 104. The summed E-state index contributed by atoms with van der Waals surface area (Å²) in [5.41, 5.74) is 0. The van der Waals surface area contributed by atoms with Gasteiger partial charge in [-0.15, -0.1) is 94.1 Å². The Hall–Kier alpha value is 1.50. The van der Waals surface area contributed by atoms with Crippen molar-refractivity contribution in [2.24, 2.45) is 0 Å². The molecule has 0 amide bonds. The molecule has 0 aliphatic rings. The Bertz CT molecular complexity index is 2460. The number of benzene rings is 2. The van der Waals surface area contributed by atoms with Crippen molar-refractivity contribution >= 4 is 105 Å². The lowest BCUT2D eigenvalue weighted by Crippen LogP contribution is -2.03. The summed E-state index contributed by atoms with van der Waals surface area (Å²) in [4.78, 5) is 14.3. The summed E-state index contributed by atoms with van der Waals surface area (Å²) in [6.07, 6.45) is 161. The molecule has 0 bridgehead atoms. The van der Waals surface area contributed by atoms with Crippen LogP contribution in [0.2, 0.25) is 0 Å². The van der Waals surface area contributed by atoms with Gasteiger partial charge in [0.25, 0.3) is 0 Å². The summed E-state index contributed by atoms with van der Waals surface area (Å²) in [6, 6.07) is 0. The molecule has 0 radical (unpaired) electrons. The van der Waals surface area contributed by atoms with E-state index in [9.17, 15) is 0 Å². The van der Waals surface area contributed by atoms with E-state index in [0.717, 1.165) is 0 Å². The summed E-state index contributed by atoms with van der Waals surface area (Å²) in [5, 5.41) is 3.60. The number of hydrogen-bond donors (Lipinski definition) is 0. The van der Waals surface area contributed by atoms with Crippen molar-refractivity contribution in [2.75, 3.05) is 46.0 Å². The van der Waals surface area contributed by atoms with Crippen molar-refractivity contribution in [1.29, 1.82) is 0 Å². The minimum Gasteiger partial charge on any atom is -0.124 e. The molecule has 0 atom stereocenters. The summed E-state index contributed by atoms with van der Waals surface area (Å²) in [5.74, 6) is 10.2. The first-order chi connectivity index (χ1) is 72.6. The van der Waals surface area contributed by atoms with E-state index >= 15 is 0 Å². The minimum absolute atomic E-state index is 1.27. The lowest BCUT2D eigenvalue weighted by Gasteiger charge is -2.28. The normalized spacial score (nSPS) is 11.9. The van der Waals surface area contributed by atoms with Gasteiger partial charge in [0.05, 0.1) is 0 Å². The molecule has 2 rings (SSSR count). The lowest BCUT2D eigenvalue weighted by molar-refractivity contribution is 0.538. The van der Waals surface area contributed by atoms with Gasteiger partial charge in [-0.05, 0) is 97.4 Å². The highest BCUT2D eigenvalue weighted by molar-refractivity contribution is 8.06. The van der Waals surface area contributed by atoms with Crippen LogP contribution in [-0.4, -0.2) is 46.0 Å². The molecule has 0 aromatic heterocycles. The smallest absolute Gasteiger partial charge is 0.0362 e.